The molecule has 1 heterocycles. The minimum Gasteiger partial charge on any atom is -0.459 e. The molecule has 4 nitrogen and oxygen atoms in total. The molecule has 0 bridgehead atoms. The first kappa shape index (κ1) is 14.1. The maximum Gasteiger partial charge on any atom is 0.134 e. The lowest BCUT2D eigenvalue weighted by molar-refractivity contribution is 0.275. The van der Waals surface area contributed by atoms with Gasteiger partial charge < -0.3 is 20.0 Å². The van der Waals surface area contributed by atoms with Gasteiger partial charge in [-0.1, -0.05) is 18.2 Å². The lowest BCUT2D eigenvalue weighted by Crippen LogP contribution is -2.28. The monoisotopic (exact) mass is 261 g/mol. The lowest BCUT2D eigenvalue weighted by Gasteiger charge is -2.19. The van der Waals surface area contributed by atoms with Crippen LogP contribution in [0.25, 0.3) is 11.0 Å². The van der Waals surface area contributed by atoms with E-state index in [4.69, 9.17) is 10.2 Å². The number of furan rings is 1. The molecule has 1 aromatic heterocycles. The zero-order chi connectivity index (χ0) is 13.8. The molecule has 104 valence electrons. The van der Waals surface area contributed by atoms with Crippen LogP contribution in [0.15, 0.2) is 28.7 Å². The van der Waals surface area contributed by atoms with Crippen molar-refractivity contribution in [2.45, 2.75) is 13.1 Å². The molecule has 0 amide bonds. The Balaban J connectivity index is 2.18. The summed E-state index contributed by atoms with van der Waals surface area (Å²) >= 11 is 0. The fourth-order valence-corrected chi connectivity index (χ4v) is 2.21. The topological polar surface area (TPSA) is 45.6 Å². The Kier molecular flexibility index (Phi) is 4.58. The average Bonchev–Trinajstić information content (AvgIpc) is 2.75. The van der Waals surface area contributed by atoms with Crippen molar-refractivity contribution in [3.8, 4) is 0 Å². The predicted octanol–water partition coefficient (Wildman–Crippen LogP) is 1.88. The summed E-state index contributed by atoms with van der Waals surface area (Å²) in [6, 6.07) is 8.14. The summed E-state index contributed by atoms with van der Waals surface area (Å²) in [6.07, 6.45) is 0. The van der Waals surface area contributed by atoms with Crippen molar-refractivity contribution in [3.05, 3.63) is 35.6 Å². The standard InChI is InChI=1S/C15H23N3O/c1-17(2)8-9-18(3)11-13-12-6-4-5-7-14(12)19-15(13)10-16/h4-7H,8-11,16H2,1-3H3. The summed E-state index contributed by atoms with van der Waals surface area (Å²) in [5.41, 5.74) is 7.94. The van der Waals surface area contributed by atoms with Crippen LogP contribution in [0.2, 0.25) is 0 Å². The highest BCUT2D eigenvalue weighted by Gasteiger charge is 2.14. The molecule has 4 heteroatoms. The normalized spacial score (nSPS) is 11.9. The molecular formula is C15H23N3O. The Hall–Kier alpha value is -1.36. The SMILES string of the molecule is CN(C)CCN(C)Cc1c(CN)oc2ccccc12. The highest BCUT2D eigenvalue weighted by atomic mass is 16.3. The number of nitrogens with zero attached hydrogens (tertiary/aromatic N) is 2. The van der Waals surface area contributed by atoms with Crippen LogP contribution < -0.4 is 5.73 Å². The largest absolute Gasteiger partial charge is 0.459 e. The van der Waals surface area contributed by atoms with E-state index in [1.165, 1.54) is 10.9 Å². The molecule has 0 saturated heterocycles. The van der Waals surface area contributed by atoms with Crippen molar-refractivity contribution < 1.29 is 4.42 Å². The molecule has 0 radical (unpaired) electrons. The molecule has 0 aliphatic heterocycles. The zero-order valence-electron chi connectivity index (χ0n) is 12.0. The number of para-hydroxylation sites is 1. The van der Waals surface area contributed by atoms with E-state index in [-0.39, 0.29) is 0 Å². The van der Waals surface area contributed by atoms with Crippen LogP contribution >= 0.6 is 0 Å². The number of likely N-dealkylation sites (N-methyl/N-ethyl adjacent to an activating group) is 2. The Morgan fingerprint density at radius 1 is 1.11 bits per heavy atom. The summed E-state index contributed by atoms with van der Waals surface area (Å²) in [6.45, 7) is 3.39. The molecule has 2 N–H and O–H groups in total. The highest BCUT2D eigenvalue weighted by Crippen LogP contribution is 2.26. The Labute approximate surface area is 114 Å². The van der Waals surface area contributed by atoms with E-state index >= 15 is 0 Å². The first-order valence-electron chi connectivity index (χ1n) is 6.64. The number of fused-ring (bicyclic) bond motifs is 1. The molecule has 0 fully saturated rings. The minimum absolute atomic E-state index is 0.450. The third-order valence-corrected chi connectivity index (χ3v) is 3.32. The maximum atomic E-state index is 5.81. The van der Waals surface area contributed by atoms with Gasteiger partial charge in [-0.15, -0.1) is 0 Å². The van der Waals surface area contributed by atoms with Gasteiger partial charge in [-0.2, -0.15) is 0 Å². The number of hydrogen-bond acceptors (Lipinski definition) is 4. The van der Waals surface area contributed by atoms with Gasteiger partial charge in [0.1, 0.15) is 11.3 Å². The Morgan fingerprint density at radius 3 is 2.53 bits per heavy atom. The van der Waals surface area contributed by atoms with Crippen molar-refractivity contribution in [1.29, 1.82) is 0 Å². The van der Waals surface area contributed by atoms with Crippen LogP contribution in [-0.2, 0) is 13.1 Å². The van der Waals surface area contributed by atoms with Crippen molar-refractivity contribution >= 4 is 11.0 Å². The fourth-order valence-electron chi connectivity index (χ4n) is 2.21. The highest BCUT2D eigenvalue weighted by molar-refractivity contribution is 5.82. The van der Waals surface area contributed by atoms with Gasteiger partial charge in [0.15, 0.2) is 0 Å². The molecule has 0 spiro atoms. The van der Waals surface area contributed by atoms with Crippen molar-refractivity contribution in [1.82, 2.24) is 9.80 Å². The number of nitrogens with two attached hydrogens (primary N) is 1. The van der Waals surface area contributed by atoms with Gasteiger partial charge in [-0.25, -0.2) is 0 Å². The van der Waals surface area contributed by atoms with Crippen LogP contribution in [0.1, 0.15) is 11.3 Å². The summed E-state index contributed by atoms with van der Waals surface area (Å²) < 4.78 is 5.81. The van der Waals surface area contributed by atoms with Crippen molar-refractivity contribution in [2.75, 3.05) is 34.2 Å². The van der Waals surface area contributed by atoms with Crippen LogP contribution in [0.5, 0.6) is 0 Å². The van der Waals surface area contributed by atoms with Crippen LogP contribution in [0.3, 0.4) is 0 Å². The smallest absolute Gasteiger partial charge is 0.134 e. The first-order valence-corrected chi connectivity index (χ1v) is 6.64. The van der Waals surface area contributed by atoms with Gasteiger partial charge >= 0.3 is 0 Å². The zero-order valence-corrected chi connectivity index (χ0v) is 12.0. The summed E-state index contributed by atoms with van der Waals surface area (Å²) in [7, 11) is 6.31. The molecule has 2 aromatic rings. The molecule has 0 atom stereocenters. The second kappa shape index (κ2) is 6.19. The molecular weight excluding hydrogens is 238 g/mol. The van der Waals surface area contributed by atoms with E-state index in [0.29, 0.717) is 6.54 Å². The Bertz CT molecular complexity index is 533. The first-order chi connectivity index (χ1) is 9.11. The number of rotatable bonds is 6. The molecule has 0 aliphatic carbocycles. The van der Waals surface area contributed by atoms with Crippen LogP contribution in [0.4, 0.5) is 0 Å². The number of hydrogen-bond donors (Lipinski definition) is 1. The third kappa shape index (κ3) is 3.35. The molecule has 2 rings (SSSR count). The van der Waals surface area contributed by atoms with E-state index in [1.807, 2.05) is 18.2 Å². The quantitative estimate of drug-likeness (QED) is 0.862. The maximum absolute atomic E-state index is 5.81. The summed E-state index contributed by atoms with van der Waals surface area (Å²) in [4.78, 5) is 4.49. The summed E-state index contributed by atoms with van der Waals surface area (Å²) in [5.74, 6) is 0.901. The molecule has 19 heavy (non-hydrogen) atoms. The molecule has 1 aromatic carbocycles. The van der Waals surface area contributed by atoms with Gasteiger partial charge in [-0.3, -0.25) is 0 Å². The van der Waals surface area contributed by atoms with Gasteiger partial charge in [0.2, 0.25) is 0 Å². The number of benzene rings is 1. The molecule has 0 aliphatic rings. The van der Waals surface area contributed by atoms with Crippen LogP contribution in [0, 0.1) is 0 Å². The van der Waals surface area contributed by atoms with Gasteiger partial charge in [0, 0.05) is 30.6 Å². The molecule has 0 saturated carbocycles. The second-order valence-electron chi connectivity index (χ2n) is 5.25. The van der Waals surface area contributed by atoms with Gasteiger partial charge in [-0.05, 0) is 27.2 Å². The molecule has 0 unspecified atom stereocenters. The predicted molar refractivity (Wildman–Crippen MR) is 79.0 cm³/mol. The average molecular weight is 261 g/mol. The summed E-state index contributed by atoms with van der Waals surface area (Å²) in [5, 5.41) is 1.18. The minimum atomic E-state index is 0.450. The van der Waals surface area contributed by atoms with Gasteiger partial charge in [0.05, 0.1) is 6.54 Å². The lowest BCUT2D eigenvalue weighted by atomic mass is 10.1. The Morgan fingerprint density at radius 2 is 1.84 bits per heavy atom. The van der Waals surface area contributed by atoms with Gasteiger partial charge in [0.25, 0.3) is 0 Å². The van der Waals surface area contributed by atoms with E-state index in [1.54, 1.807) is 0 Å². The van der Waals surface area contributed by atoms with E-state index in [0.717, 1.165) is 31.0 Å². The van der Waals surface area contributed by atoms with Crippen molar-refractivity contribution in [2.24, 2.45) is 5.73 Å². The van der Waals surface area contributed by atoms with Crippen LogP contribution in [-0.4, -0.2) is 44.0 Å². The van der Waals surface area contributed by atoms with E-state index in [9.17, 15) is 0 Å². The van der Waals surface area contributed by atoms with E-state index < -0.39 is 0 Å². The fraction of sp³-hybridized carbons (Fsp3) is 0.467. The third-order valence-electron chi connectivity index (χ3n) is 3.32. The van der Waals surface area contributed by atoms with E-state index in [2.05, 4.69) is 37.0 Å². The van der Waals surface area contributed by atoms with Crippen molar-refractivity contribution in [3.63, 3.8) is 0 Å². The second-order valence-corrected chi connectivity index (χ2v) is 5.25.